The molecule has 2 N–H and O–H groups in total. The number of ether oxygens (including phenoxy) is 4. The van der Waals surface area contributed by atoms with E-state index in [1.165, 1.54) is 18.2 Å². The highest BCUT2D eigenvalue weighted by molar-refractivity contribution is 5.97. The molecule has 35 heavy (non-hydrogen) atoms. The maximum absolute atomic E-state index is 12.4. The molecule has 0 aliphatic carbocycles. The van der Waals surface area contributed by atoms with Crippen LogP contribution >= 0.6 is 0 Å². The number of anilines is 1. The molecule has 0 saturated carbocycles. The number of benzene rings is 1. The summed E-state index contributed by atoms with van der Waals surface area (Å²) in [4.78, 5) is 34.8. The SMILES string of the molecule is COc1ccc2nccc(/C(O)=C/C(=O)NC[C@@H]3CN(c4ccc5c(c4)OCCO5)C(=O)O3)c2n1. The van der Waals surface area contributed by atoms with Gasteiger partial charge in [-0.2, -0.15) is 0 Å². The van der Waals surface area contributed by atoms with Crippen LogP contribution in [0.15, 0.2) is 48.7 Å². The van der Waals surface area contributed by atoms with Gasteiger partial charge in [-0.1, -0.05) is 0 Å². The summed E-state index contributed by atoms with van der Waals surface area (Å²) in [6, 6.07) is 10.1. The lowest BCUT2D eigenvalue weighted by atomic mass is 10.1. The van der Waals surface area contributed by atoms with E-state index in [2.05, 4.69) is 15.3 Å². The van der Waals surface area contributed by atoms with Crippen LogP contribution < -0.4 is 24.4 Å². The molecule has 0 unspecified atom stereocenters. The molecule has 180 valence electrons. The number of carbonyl (C=O) groups is 2. The Morgan fingerprint density at radius 2 is 2.06 bits per heavy atom. The number of aromatic nitrogens is 2. The molecule has 2 aliphatic heterocycles. The van der Waals surface area contributed by atoms with Gasteiger partial charge in [0.2, 0.25) is 11.8 Å². The molecule has 2 aromatic heterocycles. The smallest absolute Gasteiger partial charge is 0.414 e. The molecule has 1 atom stereocenters. The van der Waals surface area contributed by atoms with Gasteiger partial charge in [-0.05, 0) is 24.3 Å². The summed E-state index contributed by atoms with van der Waals surface area (Å²) in [5.41, 5.74) is 1.88. The first-order valence-corrected chi connectivity index (χ1v) is 10.9. The molecule has 0 bridgehead atoms. The number of nitrogens with zero attached hydrogens (tertiary/aromatic N) is 3. The van der Waals surface area contributed by atoms with Crippen molar-refractivity contribution in [2.24, 2.45) is 0 Å². The van der Waals surface area contributed by atoms with Gasteiger partial charge < -0.3 is 29.4 Å². The summed E-state index contributed by atoms with van der Waals surface area (Å²) in [5, 5.41) is 13.2. The van der Waals surface area contributed by atoms with Crippen molar-refractivity contribution in [3.05, 3.63) is 54.2 Å². The number of hydrogen-bond acceptors (Lipinski definition) is 9. The maximum Gasteiger partial charge on any atom is 0.414 e. The molecule has 3 aromatic rings. The van der Waals surface area contributed by atoms with E-state index in [0.717, 1.165) is 6.08 Å². The highest BCUT2D eigenvalue weighted by atomic mass is 16.6. The van der Waals surface area contributed by atoms with Crippen molar-refractivity contribution in [1.29, 1.82) is 0 Å². The summed E-state index contributed by atoms with van der Waals surface area (Å²) in [5.74, 6) is 0.712. The summed E-state index contributed by atoms with van der Waals surface area (Å²) < 4.78 is 21.6. The van der Waals surface area contributed by atoms with E-state index < -0.39 is 18.1 Å². The van der Waals surface area contributed by atoms with Crippen LogP contribution in [0.5, 0.6) is 17.4 Å². The lowest BCUT2D eigenvalue weighted by Gasteiger charge is -2.21. The second-order valence-electron chi connectivity index (χ2n) is 7.80. The van der Waals surface area contributed by atoms with Gasteiger partial charge in [-0.3, -0.25) is 14.7 Å². The third-order valence-corrected chi connectivity index (χ3v) is 5.53. The van der Waals surface area contributed by atoms with Crippen molar-refractivity contribution in [2.75, 3.05) is 38.3 Å². The quantitative estimate of drug-likeness (QED) is 0.405. The molecular formula is C24H22N4O7. The van der Waals surface area contributed by atoms with Crippen LogP contribution in [-0.2, 0) is 9.53 Å². The van der Waals surface area contributed by atoms with Gasteiger partial charge in [0, 0.05) is 30.0 Å². The maximum atomic E-state index is 12.4. The summed E-state index contributed by atoms with van der Waals surface area (Å²) >= 11 is 0. The molecule has 11 nitrogen and oxygen atoms in total. The molecule has 1 saturated heterocycles. The second kappa shape index (κ2) is 9.37. The van der Waals surface area contributed by atoms with E-state index in [9.17, 15) is 14.7 Å². The molecular weight excluding hydrogens is 456 g/mol. The van der Waals surface area contributed by atoms with Crippen LogP contribution in [0.25, 0.3) is 16.8 Å². The lowest BCUT2D eigenvalue weighted by Crippen LogP contribution is -2.34. The Hall–Kier alpha value is -4.54. The molecule has 4 heterocycles. The predicted octanol–water partition coefficient (Wildman–Crippen LogP) is 2.45. The van der Waals surface area contributed by atoms with Gasteiger partial charge in [0.25, 0.3) is 0 Å². The number of fused-ring (bicyclic) bond motifs is 2. The van der Waals surface area contributed by atoms with Crippen LogP contribution in [0, 0.1) is 0 Å². The highest BCUT2D eigenvalue weighted by Crippen LogP contribution is 2.35. The van der Waals surface area contributed by atoms with Gasteiger partial charge in [-0.15, -0.1) is 0 Å². The number of amides is 2. The Morgan fingerprint density at radius 1 is 1.23 bits per heavy atom. The number of nitrogens with one attached hydrogen (secondary N) is 1. The van der Waals surface area contributed by atoms with Crippen molar-refractivity contribution < 1.29 is 33.6 Å². The minimum absolute atomic E-state index is 0.0680. The number of pyridine rings is 2. The largest absolute Gasteiger partial charge is 0.507 e. The molecule has 2 aliphatic rings. The Kier molecular flexibility index (Phi) is 5.96. The number of rotatable bonds is 6. The Morgan fingerprint density at radius 3 is 2.89 bits per heavy atom. The fourth-order valence-corrected chi connectivity index (χ4v) is 3.83. The van der Waals surface area contributed by atoms with Crippen molar-refractivity contribution in [3.8, 4) is 17.4 Å². The van der Waals surface area contributed by atoms with Crippen molar-refractivity contribution in [1.82, 2.24) is 15.3 Å². The summed E-state index contributed by atoms with van der Waals surface area (Å²) in [6.07, 6.45) is 1.47. The average Bonchev–Trinajstić information content (AvgIpc) is 3.26. The first-order chi connectivity index (χ1) is 17.0. The fourth-order valence-electron chi connectivity index (χ4n) is 3.83. The summed E-state index contributed by atoms with van der Waals surface area (Å²) in [7, 11) is 1.48. The van der Waals surface area contributed by atoms with Crippen molar-refractivity contribution >= 4 is 34.5 Å². The number of aliphatic hydroxyl groups is 1. The monoisotopic (exact) mass is 478 g/mol. The standard InChI is InChI=1S/C24H22N4O7/c1-32-22-5-3-17-23(27-22)16(6-7-25-17)18(29)11-21(30)26-12-15-13-28(24(31)35-15)14-2-4-19-20(10-14)34-9-8-33-19/h2-7,10-11,15,29H,8-9,12-13H2,1H3,(H,26,30)/b18-11-/t15-/m1/s1. The Bertz CT molecular complexity index is 1330. The van der Waals surface area contributed by atoms with Gasteiger partial charge >= 0.3 is 6.09 Å². The normalized spacial score (nSPS) is 17.3. The second-order valence-corrected chi connectivity index (χ2v) is 7.80. The molecule has 1 fully saturated rings. The first kappa shape index (κ1) is 22.3. The van der Waals surface area contributed by atoms with Crippen LogP contribution in [-0.4, -0.2) is 66.6 Å². The number of aliphatic hydroxyl groups excluding tert-OH is 1. The molecule has 0 spiro atoms. The topological polar surface area (TPSA) is 132 Å². The number of hydrogen-bond donors (Lipinski definition) is 2. The van der Waals surface area contributed by atoms with Crippen molar-refractivity contribution in [2.45, 2.75) is 6.10 Å². The third kappa shape index (κ3) is 4.60. The number of carbonyl (C=O) groups excluding carboxylic acids is 2. The predicted molar refractivity (Wildman–Crippen MR) is 125 cm³/mol. The van der Waals surface area contributed by atoms with Crippen molar-refractivity contribution in [3.63, 3.8) is 0 Å². The highest BCUT2D eigenvalue weighted by Gasteiger charge is 2.33. The first-order valence-electron chi connectivity index (χ1n) is 10.9. The van der Waals surface area contributed by atoms with E-state index >= 15 is 0 Å². The van der Waals surface area contributed by atoms with Crippen LogP contribution in [0.2, 0.25) is 0 Å². The van der Waals surface area contributed by atoms with Gasteiger partial charge in [0.15, 0.2) is 11.5 Å². The Labute approximate surface area is 199 Å². The molecule has 5 rings (SSSR count). The average molecular weight is 478 g/mol. The van der Waals surface area contributed by atoms with Crippen LogP contribution in [0.1, 0.15) is 5.56 Å². The zero-order valence-electron chi connectivity index (χ0n) is 18.8. The van der Waals surface area contributed by atoms with Crippen LogP contribution in [0.3, 0.4) is 0 Å². The fraction of sp³-hybridized carbons (Fsp3) is 0.250. The molecule has 11 heteroatoms. The molecule has 0 radical (unpaired) electrons. The molecule has 2 amide bonds. The minimum atomic E-state index is -0.567. The number of cyclic esters (lactones) is 1. The summed E-state index contributed by atoms with van der Waals surface area (Å²) in [6.45, 7) is 1.23. The molecule has 1 aromatic carbocycles. The third-order valence-electron chi connectivity index (χ3n) is 5.53. The van der Waals surface area contributed by atoms with Crippen LogP contribution in [0.4, 0.5) is 10.5 Å². The van der Waals surface area contributed by atoms with Gasteiger partial charge in [0.1, 0.15) is 30.6 Å². The number of methoxy groups -OCH3 is 1. The van der Waals surface area contributed by atoms with Gasteiger partial charge in [-0.25, -0.2) is 9.78 Å². The van der Waals surface area contributed by atoms with E-state index in [1.807, 2.05) is 0 Å². The minimum Gasteiger partial charge on any atom is -0.507 e. The van der Waals surface area contributed by atoms with Gasteiger partial charge in [0.05, 0.1) is 31.4 Å². The van der Waals surface area contributed by atoms with E-state index in [1.54, 1.807) is 36.4 Å². The Balaban J connectivity index is 1.23. The zero-order valence-corrected chi connectivity index (χ0v) is 18.8. The zero-order chi connectivity index (χ0) is 24.4. The van der Waals surface area contributed by atoms with E-state index in [4.69, 9.17) is 18.9 Å². The lowest BCUT2D eigenvalue weighted by molar-refractivity contribution is -0.116. The van der Waals surface area contributed by atoms with E-state index in [0.29, 0.717) is 52.9 Å². The van der Waals surface area contributed by atoms with E-state index in [-0.39, 0.29) is 18.8 Å².